The molecule has 4 nitrogen and oxygen atoms in total. The molecule has 1 aromatic rings. The summed E-state index contributed by atoms with van der Waals surface area (Å²) in [6.07, 6.45) is 2.44. The number of aromatic nitrogens is 2. The molecule has 0 amide bonds. The first kappa shape index (κ1) is 9.50. The van der Waals surface area contributed by atoms with Crippen LogP contribution in [-0.2, 0) is 18.3 Å². The molecule has 0 bridgehead atoms. The van der Waals surface area contributed by atoms with Gasteiger partial charge >= 0.3 is 5.97 Å². The van der Waals surface area contributed by atoms with Crippen molar-refractivity contribution >= 4 is 28.6 Å². The Kier molecular flexibility index (Phi) is 3.07. The second kappa shape index (κ2) is 3.88. The average molecular weight is 280 g/mol. The maximum Gasteiger partial charge on any atom is 0.303 e. The Hall–Kier alpha value is -0.590. The van der Waals surface area contributed by atoms with Crippen LogP contribution in [-0.4, -0.2) is 20.9 Å². The van der Waals surface area contributed by atoms with Crippen molar-refractivity contribution in [1.82, 2.24) is 9.78 Å². The SMILES string of the molecule is Cn1ncc(CCC(=O)O)c1I. The van der Waals surface area contributed by atoms with Crippen molar-refractivity contribution < 1.29 is 9.90 Å². The minimum atomic E-state index is -0.769. The lowest BCUT2D eigenvalue weighted by Gasteiger charge is -1.95. The van der Waals surface area contributed by atoms with E-state index in [9.17, 15) is 4.79 Å². The molecule has 0 fully saturated rings. The molecule has 5 heteroatoms. The van der Waals surface area contributed by atoms with Crippen LogP contribution < -0.4 is 0 Å². The fraction of sp³-hybridized carbons (Fsp3) is 0.429. The Labute approximate surface area is 83.7 Å². The van der Waals surface area contributed by atoms with Crippen LogP contribution in [0.3, 0.4) is 0 Å². The van der Waals surface area contributed by atoms with Gasteiger partial charge < -0.3 is 5.11 Å². The Balaban J connectivity index is 2.63. The van der Waals surface area contributed by atoms with Gasteiger partial charge in [0.2, 0.25) is 0 Å². The highest BCUT2D eigenvalue weighted by atomic mass is 127. The van der Waals surface area contributed by atoms with E-state index in [2.05, 4.69) is 27.7 Å². The maximum absolute atomic E-state index is 10.3. The molecule has 0 spiro atoms. The zero-order chi connectivity index (χ0) is 9.14. The van der Waals surface area contributed by atoms with Crippen molar-refractivity contribution in [1.29, 1.82) is 0 Å². The molecular formula is C7H9IN2O2. The number of hydrogen-bond donors (Lipinski definition) is 1. The molecule has 1 heterocycles. The maximum atomic E-state index is 10.3. The van der Waals surface area contributed by atoms with Crippen LogP contribution in [0.25, 0.3) is 0 Å². The number of hydrogen-bond acceptors (Lipinski definition) is 2. The molecule has 1 aromatic heterocycles. The second-order valence-electron chi connectivity index (χ2n) is 2.48. The summed E-state index contributed by atoms with van der Waals surface area (Å²) >= 11 is 2.15. The first-order valence-corrected chi connectivity index (χ1v) is 4.57. The quantitative estimate of drug-likeness (QED) is 0.842. The molecule has 66 valence electrons. The standard InChI is InChI=1S/C7H9IN2O2/c1-10-7(8)5(4-9-10)2-3-6(11)12/h4H,2-3H2,1H3,(H,11,12). The van der Waals surface area contributed by atoms with E-state index in [1.165, 1.54) is 0 Å². The van der Waals surface area contributed by atoms with Crippen molar-refractivity contribution in [3.05, 3.63) is 15.5 Å². The zero-order valence-corrected chi connectivity index (χ0v) is 8.78. The summed E-state index contributed by atoms with van der Waals surface area (Å²) < 4.78 is 2.74. The number of rotatable bonds is 3. The van der Waals surface area contributed by atoms with Crippen LogP contribution in [0.15, 0.2) is 6.20 Å². The Morgan fingerprint density at radius 2 is 2.50 bits per heavy atom. The van der Waals surface area contributed by atoms with Crippen LogP contribution in [0.2, 0.25) is 0 Å². The van der Waals surface area contributed by atoms with Gasteiger partial charge in [0.1, 0.15) is 3.70 Å². The third-order valence-electron chi connectivity index (χ3n) is 1.54. The molecule has 1 rings (SSSR count). The molecule has 0 aliphatic carbocycles. The van der Waals surface area contributed by atoms with E-state index in [1.807, 2.05) is 7.05 Å². The Morgan fingerprint density at radius 1 is 1.83 bits per heavy atom. The van der Waals surface area contributed by atoms with Crippen molar-refractivity contribution in [2.24, 2.45) is 7.05 Å². The summed E-state index contributed by atoms with van der Waals surface area (Å²) in [5.41, 5.74) is 1.00. The summed E-state index contributed by atoms with van der Waals surface area (Å²) in [5, 5.41) is 12.5. The van der Waals surface area contributed by atoms with Crippen molar-refractivity contribution in [2.45, 2.75) is 12.8 Å². The fourth-order valence-corrected chi connectivity index (χ4v) is 1.41. The molecule has 0 saturated carbocycles. The van der Waals surface area contributed by atoms with Crippen LogP contribution in [0.1, 0.15) is 12.0 Å². The third kappa shape index (κ3) is 2.20. The number of carboxylic acids is 1. The van der Waals surface area contributed by atoms with Crippen LogP contribution in [0.4, 0.5) is 0 Å². The van der Waals surface area contributed by atoms with Gasteiger partial charge in [-0.25, -0.2) is 0 Å². The highest BCUT2D eigenvalue weighted by Crippen LogP contribution is 2.11. The predicted molar refractivity (Wildman–Crippen MR) is 51.9 cm³/mol. The van der Waals surface area contributed by atoms with Gasteiger partial charge in [-0.05, 0) is 29.0 Å². The minimum absolute atomic E-state index is 0.168. The van der Waals surface area contributed by atoms with Gasteiger partial charge in [0.05, 0.1) is 6.20 Å². The number of aryl methyl sites for hydroxylation is 2. The molecule has 0 radical (unpaired) electrons. The van der Waals surface area contributed by atoms with Crippen LogP contribution in [0, 0.1) is 3.70 Å². The number of carboxylic acid groups (broad SMARTS) is 1. The third-order valence-corrected chi connectivity index (χ3v) is 2.94. The number of carbonyl (C=O) groups is 1. The normalized spacial score (nSPS) is 10.2. The summed E-state index contributed by atoms with van der Waals surface area (Å²) in [5.74, 6) is -0.769. The van der Waals surface area contributed by atoms with E-state index >= 15 is 0 Å². The summed E-state index contributed by atoms with van der Waals surface area (Å²) in [6, 6.07) is 0. The van der Waals surface area contributed by atoms with Gasteiger partial charge in [0, 0.05) is 19.0 Å². The molecule has 0 aliphatic rings. The zero-order valence-electron chi connectivity index (χ0n) is 6.62. The Morgan fingerprint density at radius 3 is 2.92 bits per heavy atom. The van der Waals surface area contributed by atoms with E-state index in [0.29, 0.717) is 6.42 Å². The van der Waals surface area contributed by atoms with E-state index < -0.39 is 5.97 Å². The first-order valence-electron chi connectivity index (χ1n) is 3.49. The molecule has 1 N–H and O–H groups in total. The topological polar surface area (TPSA) is 55.1 Å². The molecule has 0 atom stereocenters. The van der Waals surface area contributed by atoms with Gasteiger partial charge in [0.15, 0.2) is 0 Å². The molecule has 0 unspecified atom stereocenters. The van der Waals surface area contributed by atoms with Gasteiger partial charge in [0.25, 0.3) is 0 Å². The Bertz CT molecular complexity index is 296. The van der Waals surface area contributed by atoms with E-state index in [0.717, 1.165) is 9.26 Å². The lowest BCUT2D eigenvalue weighted by molar-refractivity contribution is -0.136. The molecule has 12 heavy (non-hydrogen) atoms. The van der Waals surface area contributed by atoms with E-state index in [4.69, 9.17) is 5.11 Å². The van der Waals surface area contributed by atoms with Gasteiger partial charge in [-0.3, -0.25) is 9.48 Å². The van der Waals surface area contributed by atoms with Gasteiger partial charge in [-0.1, -0.05) is 0 Å². The van der Waals surface area contributed by atoms with Crippen molar-refractivity contribution in [3.63, 3.8) is 0 Å². The number of aliphatic carboxylic acids is 1. The second-order valence-corrected chi connectivity index (χ2v) is 3.50. The van der Waals surface area contributed by atoms with Gasteiger partial charge in [-0.2, -0.15) is 5.10 Å². The summed E-state index contributed by atoms with van der Waals surface area (Å²) in [7, 11) is 1.84. The highest BCUT2D eigenvalue weighted by molar-refractivity contribution is 14.1. The van der Waals surface area contributed by atoms with E-state index in [-0.39, 0.29) is 6.42 Å². The number of nitrogens with zero attached hydrogens (tertiary/aromatic N) is 2. The molecule has 0 aliphatic heterocycles. The average Bonchev–Trinajstić information content (AvgIpc) is 2.30. The molecule has 0 saturated heterocycles. The van der Waals surface area contributed by atoms with Crippen molar-refractivity contribution in [2.75, 3.05) is 0 Å². The first-order chi connectivity index (χ1) is 5.61. The molecule has 0 aromatic carbocycles. The van der Waals surface area contributed by atoms with Crippen molar-refractivity contribution in [3.8, 4) is 0 Å². The highest BCUT2D eigenvalue weighted by Gasteiger charge is 2.06. The minimum Gasteiger partial charge on any atom is -0.481 e. The summed E-state index contributed by atoms with van der Waals surface area (Å²) in [6.45, 7) is 0. The van der Waals surface area contributed by atoms with Gasteiger partial charge in [-0.15, -0.1) is 0 Å². The monoisotopic (exact) mass is 280 g/mol. The fourth-order valence-electron chi connectivity index (χ4n) is 0.877. The molecular weight excluding hydrogens is 271 g/mol. The van der Waals surface area contributed by atoms with Crippen LogP contribution in [0.5, 0.6) is 0 Å². The van der Waals surface area contributed by atoms with E-state index in [1.54, 1.807) is 10.9 Å². The smallest absolute Gasteiger partial charge is 0.303 e. The summed E-state index contributed by atoms with van der Waals surface area (Å²) in [4.78, 5) is 10.3. The number of halogens is 1. The lowest BCUT2D eigenvalue weighted by Crippen LogP contribution is -1.99. The predicted octanol–water partition coefficient (Wildman–Crippen LogP) is 1.04. The van der Waals surface area contributed by atoms with Crippen LogP contribution >= 0.6 is 22.6 Å². The largest absolute Gasteiger partial charge is 0.481 e. The lowest BCUT2D eigenvalue weighted by atomic mass is 10.2.